The molecule has 1 aliphatic heterocycles. The summed E-state index contributed by atoms with van der Waals surface area (Å²) in [5, 5.41) is 3.35. The van der Waals surface area contributed by atoms with Crippen LogP contribution in [0.4, 0.5) is 11.5 Å². The molecule has 1 aromatic heterocycles. The highest BCUT2D eigenvalue weighted by Gasteiger charge is 2.39. The van der Waals surface area contributed by atoms with Crippen LogP contribution in [-0.2, 0) is 9.59 Å². The number of amides is 2. The van der Waals surface area contributed by atoms with E-state index in [2.05, 4.69) is 10.3 Å². The highest BCUT2D eigenvalue weighted by molar-refractivity contribution is 6.33. The molecule has 1 saturated heterocycles. The number of hydrogen-bond acceptors (Lipinski definition) is 4. The lowest BCUT2D eigenvalue weighted by molar-refractivity contribution is -0.121. The Balaban J connectivity index is 1.83. The van der Waals surface area contributed by atoms with E-state index in [0.717, 1.165) is 0 Å². The van der Waals surface area contributed by atoms with Crippen LogP contribution in [0, 0.1) is 0 Å². The van der Waals surface area contributed by atoms with Gasteiger partial charge in [-0.05, 0) is 24.3 Å². The molecule has 1 unspecified atom stereocenters. The largest absolute Gasteiger partial charge is 0.357 e. The lowest BCUT2D eigenvalue weighted by atomic mass is 10.2. The van der Waals surface area contributed by atoms with Crippen molar-refractivity contribution in [2.45, 2.75) is 12.5 Å². The van der Waals surface area contributed by atoms with Gasteiger partial charge in [-0.25, -0.2) is 9.88 Å². The summed E-state index contributed by atoms with van der Waals surface area (Å²) < 4.78 is 0. The maximum absolute atomic E-state index is 12.4. The number of anilines is 2. The Morgan fingerprint density at radius 1 is 1.14 bits per heavy atom. The quantitative estimate of drug-likeness (QED) is 0.885. The Bertz CT molecular complexity index is 690. The van der Waals surface area contributed by atoms with E-state index in [1.165, 1.54) is 4.90 Å². The van der Waals surface area contributed by atoms with Crippen molar-refractivity contribution in [3.8, 4) is 0 Å². The van der Waals surface area contributed by atoms with Crippen LogP contribution in [0.1, 0.15) is 6.42 Å². The monoisotopic (exact) mass is 301 g/mol. The van der Waals surface area contributed by atoms with E-state index in [4.69, 9.17) is 11.6 Å². The smallest absolute Gasteiger partial charge is 0.256 e. The van der Waals surface area contributed by atoms with Gasteiger partial charge in [0.15, 0.2) is 0 Å². The van der Waals surface area contributed by atoms with Crippen molar-refractivity contribution in [1.82, 2.24) is 4.98 Å². The predicted molar refractivity (Wildman–Crippen MR) is 80.2 cm³/mol. The molecule has 0 saturated carbocycles. The number of para-hydroxylation sites is 1. The van der Waals surface area contributed by atoms with E-state index in [1.54, 1.807) is 42.6 Å². The third-order valence-electron chi connectivity index (χ3n) is 3.23. The Kier molecular flexibility index (Phi) is 3.58. The van der Waals surface area contributed by atoms with Gasteiger partial charge in [-0.1, -0.05) is 29.8 Å². The molecule has 1 aromatic carbocycles. The Morgan fingerprint density at radius 2 is 1.90 bits per heavy atom. The van der Waals surface area contributed by atoms with Crippen LogP contribution in [0.5, 0.6) is 0 Å². The summed E-state index contributed by atoms with van der Waals surface area (Å²) >= 11 is 6.01. The van der Waals surface area contributed by atoms with Crippen molar-refractivity contribution in [2.24, 2.45) is 0 Å². The third-order valence-corrected chi connectivity index (χ3v) is 3.54. The molecule has 106 valence electrons. The van der Waals surface area contributed by atoms with Gasteiger partial charge in [0.1, 0.15) is 11.9 Å². The average molecular weight is 302 g/mol. The summed E-state index contributed by atoms with van der Waals surface area (Å²) in [6, 6.07) is 11.6. The highest BCUT2D eigenvalue weighted by atomic mass is 35.5. The topological polar surface area (TPSA) is 62.3 Å². The first kappa shape index (κ1) is 13.6. The summed E-state index contributed by atoms with van der Waals surface area (Å²) in [5.41, 5.74) is 0.573. The first-order chi connectivity index (χ1) is 10.2. The van der Waals surface area contributed by atoms with E-state index in [9.17, 15) is 9.59 Å². The van der Waals surface area contributed by atoms with E-state index in [0.29, 0.717) is 16.5 Å². The van der Waals surface area contributed by atoms with Gasteiger partial charge in [0.25, 0.3) is 5.91 Å². The lowest BCUT2D eigenvalue weighted by Gasteiger charge is -2.16. The molecular formula is C15H12ClN3O2. The van der Waals surface area contributed by atoms with Crippen LogP contribution in [0.25, 0.3) is 0 Å². The molecule has 0 aliphatic carbocycles. The predicted octanol–water partition coefficient (Wildman–Crippen LogP) is 2.48. The van der Waals surface area contributed by atoms with Crippen LogP contribution in [0.15, 0.2) is 48.7 Å². The summed E-state index contributed by atoms with van der Waals surface area (Å²) in [7, 11) is 0. The molecule has 1 fully saturated rings. The zero-order valence-corrected chi connectivity index (χ0v) is 11.7. The molecule has 6 heteroatoms. The van der Waals surface area contributed by atoms with Crippen LogP contribution >= 0.6 is 11.6 Å². The van der Waals surface area contributed by atoms with Gasteiger partial charge in [-0.15, -0.1) is 0 Å². The summed E-state index contributed by atoms with van der Waals surface area (Å²) in [6.45, 7) is 0. The SMILES string of the molecule is O=C1CC(Nc2ncccc2Cl)C(=O)N1c1ccccc1. The number of rotatable bonds is 3. The van der Waals surface area contributed by atoms with Crippen LogP contribution in [-0.4, -0.2) is 22.8 Å². The minimum Gasteiger partial charge on any atom is -0.357 e. The molecular weight excluding hydrogens is 290 g/mol. The molecule has 2 amide bonds. The molecule has 21 heavy (non-hydrogen) atoms. The van der Waals surface area contributed by atoms with E-state index < -0.39 is 6.04 Å². The van der Waals surface area contributed by atoms with Gasteiger partial charge in [-0.2, -0.15) is 0 Å². The number of halogens is 1. The molecule has 0 bridgehead atoms. The lowest BCUT2D eigenvalue weighted by Crippen LogP contribution is -2.35. The number of benzene rings is 1. The number of nitrogens with one attached hydrogen (secondary N) is 1. The van der Waals surface area contributed by atoms with Gasteiger partial charge in [0, 0.05) is 6.20 Å². The number of carbonyl (C=O) groups is 2. The number of hydrogen-bond donors (Lipinski definition) is 1. The van der Waals surface area contributed by atoms with E-state index >= 15 is 0 Å². The van der Waals surface area contributed by atoms with Crippen molar-refractivity contribution < 1.29 is 9.59 Å². The van der Waals surface area contributed by atoms with Crippen molar-refractivity contribution in [3.05, 3.63) is 53.7 Å². The maximum atomic E-state index is 12.4. The third kappa shape index (κ3) is 2.60. The first-order valence-corrected chi connectivity index (χ1v) is 6.83. The Hall–Kier alpha value is -2.40. The van der Waals surface area contributed by atoms with Gasteiger partial charge < -0.3 is 5.32 Å². The molecule has 5 nitrogen and oxygen atoms in total. The fraction of sp³-hybridized carbons (Fsp3) is 0.133. The number of nitrogens with zero attached hydrogens (tertiary/aromatic N) is 2. The van der Waals surface area contributed by atoms with Crippen molar-refractivity contribution >= 4 is 34.9 Å². The van der Waals surface area contributed by atoms with Gasteiger partial charge >= 0.3 is 0 Å². The Labute approximate surface area is 126 Å². The number of pyridine rings is 1. The van der Waals surface area contributed by atoms with E-state index in [1.807, 2.05) is 6.07 Å². The van der Waals surface area contributed by atoms with Crippen LogP contribution in [0.3, 0.4) is 0 Å². The highest BCUT2D eigenvalue weighted by Crippen LogP contribution is 2.26. The van der Waals surface area contributed by atoms with Crippen molar-refractivity contribution in [1.29, 1.82) is 0 Å². The minimum absolute atomic E-state index is 0.0840. The Morgan fingerprint density at radius 3 is 2.62 bits per heavy atom. The molecule has 0 spiro atoms. The molecule has 3 rings (SSSR count). The average Bonchev–Trinajstić information content (AvgIpc) is 2.77. The van der Waals surface area contributed by atoms with Crippen molar-refractivity contribution in [3.63, 3.8) is 0 Å². The van der Waals surface area contributed by atoms with Crippen LogP contribution < -0.4 is 10.2 Å². The van der Waals surface area contributed by atoms with E-state index in [-0.39, 0.29) is 18.2 Å². The number of aromatic nitrogens is 1. The fourth-order valence-corrected chi connectivity index (χ4v) is 2.43. The molecule has 1 aliphatic rings. The second-order valence-corrected chi connectivity index (χ2v) is 5.05. The number of carbonyl (C=O) groups excluding carboxylic acids is 2. The van der Waals surface area contributed by atoms with Crippen molar-refractivity contribution in [2.75, 3.05) is 10.2 Å². The normalized spacial score (nSPS) is 18.1. The second kappa shape index (κ2) is 5.54. The summed E-state index contributed by atoms with van der Waals surface area (Å²) in [4.78, 5) is 29.7. The first-order valence-electron chi connectivity index (χ1n) is 6.46. The van der Waals surface area contributed by atoms with Gasteiger partial charge in [0.2, 0.25) is 5.91 Å². The van der Waals surface area contributed by atoms with Crippen LogP contribution in [0.2, 0.25) is 5.02 Å². The maximum Gasteiger partial charge on any atom is 0.256 e. The summed E-state index contributed by atoms with van der Waals surface area (Å²) in [5.74, 6) is -0.135. The van der Waals surface area contributed by atoms with Gasteiger partial charge in [-0.3, -0.25) is 9.59 Å². The zero-order chi connectivity index (χ0) is 14.8. The molecule has 1 N–H and O–H groups in total. The fourth-order valence-electron chi connectivity index (χ4n) is 2.25. The number of imide groups is 1. The second-order valence-electron chi connectivity index (χ2n) is 4.64. The standard InChI is InChI=1S/C15H12ClN3O2/c16-11-7-4-8-17-14(11)18-12-9-13(20)19(15(12)21)10-5-2-1-3-6-10/h1-8,12H,9H2,(H,17,18). The molecule has 2 aromatic rings. The molecule has 0 radical (unpaired) electrons. The molecule has 2 heterocycles. The minimum atomic E-state index is -0.648. The zero-order valence-electron chi connectivity index (χ0n) is 11.0. The van der Waals surface area contributed by atoms with Gasteiger partial charge in [0.05, 0.1) is 17.1 Å². The summed E-state index contributed by atoms with van der Waals surface area (Å²) in [6.07, 6.45) is 1.66. The molecule has 1 atom stereocenters.